The molecule has 0 N–H and O–H groups in total. The molecule has 0 aromatic rings. The van der Waals surface area contributed by atoms with Gasteiger partial charge in [-0.3, -0.25) is 9.59 Å². The molecule has 0 bridgehead atoms. The first kappa shape index (κ1) is 161. The van der Waals surface area contributed by atoms with Crippen LogP contribution in [0.5, 0.6) is 0 Å². The van der Waals surface area contributed by atoms with E-state index >= 15 is 0 Å². The second-order valence-electron chi connectivity index (χ2n) is 21.4. The first-order valence-electron chi connectivity index (χ1n) is 30.6. The largest absolute Gasteiger partial charge is 2.00 e. The fraction of sp³-hybridized carbons (Fsp3) is 0.903. The van der Waals surface area contributed by atoms with Crippen LogP contribution in [0.4, 0.5) is 0 Å². The number of unbranched alkanes of at least 4 members (excludes halogenated alkanes) is 20. The SMILES string of the molecule is C=CCCCCCCCCOC(=O)C(C[O-])(C[O-])C[O-].C=CCCCCCCCCOC(=O)C(C[O-])(C[O-])C[O-].CCCC[N+](CCCC)(CCCC)CCCC.CCCC[N+](CCCC)(CCCC)CCCC.[O-2].[O-2].[O-2].[O-2].[O-2].[O-2].[O-2].[O-2].[O-2].[O-2].[O-2].[O-2].[O-2].[V].[V].[V].[V].[V].[V]. The van der Waals surface area contributed by atoms with E-state index < -0.39 is 62.4 Å². The maximum atomic E-state index is 11.5. The third-order valence-corrected chi connectivity index (χ3v) is 14.5. The van der Waals surface area contributed by atoms with E-state index in [-0.39, 0.29) is 196 Å². The number of quaternary nitrogens is 2. The fourth-order valence-electron chi connectivity index (χ4n) is 8.72. The number of nitrogens with zero attached hydrogens (tertiary/aromatic N) is 2. The Labute approximate surface area is 637 Å². The maximum absolute atomic E-state index is 11.5. The second kappa shape index (κ2) is 120. The average Bonchev–Trinajstić information content (AvgIpc) is 3.43. The Kier molecular flexibility index (Phi) is 208. The molecule has 93 heavy (non-hydrogen) atoms. The summed E-state index contributed by atoms with van der Waals surface area (Å²) in [6.07, 6.45) is 40.3. The Morgan fingerprint density at radius 1 is 0.290 bits per heavy atom. The Morgan fingerprint density at radius 3 is 0.581 bits per heavy atom. The van der Waals surface area contributed by atoms with Crippen LogP contribution in [0.3, 0.4) is 0 Å². The molecule has 25 nitrogen and oxygen atoms in total. The van der Waals surface area contributed by atoms with Gasteiger partial charge in [0.1, 0.15) is 0 Å². The normalized spacial score (nSPS) is 9.27. The van der Waals surface area contributed by atoms with Crippen LogP contribution in [0.25, 0.3) is 0 Å². The summed E-state index contributed by atoms with van der Waals surface area (Å²) >= 11 is 0. The van der Waals surface area contributed by atoms with Crippen molar-refractivity contribution < 1.29 is 241 Å². The van der Waals surface area contributed by atoms with Gasteiger partial charge < -0.3 is 120 Å². The number of allylic oxidation sites excluding steroid dienone is 2. The first-order valence-corrected chi connectivity index (χ1v) is 30.6. The summed E-state index contributed by atoms with van der Waals surface area (Å²) in [6.45, 7) is 31.7. The van der Waals surface area contributed by atoms with E-state index in [1.165, 1.54) is 164 Å². The van der Waals surface area contributed by atoms with Crippen molar-refractivity contribution >= 4 is 11.9 Å². The van der Waals surface area contributed by atoms with Crippen LogP contribution >= 0.6 is 0 Å². The van der Waals surface area contributed by atoms with E-state index in [0.29, 0.717) is 12.8 Å². The van der Waals surface area contributed by atoms with E-state index in [9.17, 15) is 40.2 Å². The van der Waals surface area contributed by atoms with Gasteiger partial charge in [0.05, 0.1) is 65.6 Å². The van der Waals surface area contributed by atoms with E-state index in [1.54, 1.807) is 0 Å². The van der Waals surface area contributed by atoms with Crippen molar-refractivity contribution in [1.82, 2.24) is 0 Å². The molecule has 0 heterocycles. The maximum Gasteiger partial charge on any atom is 0.307 e. The molecule has 0 spiro atoms. The van der Waals surface area contributed by atoms with Crippen LogP contribution in [-0.2, 0) is 202 Å². The van der Waals surface area contributed by atoms with Gasteiger partial charge in [-0.25, -0.2) is 0 Å². The minimum atomic E-state index is -1.91. The van der Waals surface area contributed by atoms with Gasteiger partial charge >= 0.3 is 11.9 Å². The Balaban J connectivity index is -0.0000000314. The minimum absolute atomic E-state index is 0. The van der Waals surface area contributed by atoms with Gasteiger partial charge in [-0.1, -0.05) is 170 Å². The van der Waals surface area contributed by atoms with Crippen LogP contribution < -0.4 is 30.6 Å². The van der Waals surface area contributed by atoms with Crippen molar-refractivity contribution in [3.05, 3.63) is 25.3 Å². The smallest absolute Gasteiger partial charge is 0.307 e. The standard InChI is InChI=1S/2C16H36N.2C15H25O5.13O.6V/c2*1-5-9-13-17(14-10-6-2,15-11-7-3)16-12-8-4;2*1-2-3-4-5-6-7-8-9-10-20-14(19)15(11-16,12-17)13-18;;;;;;;;;;;;;;;;;;;/h2*5-16H2,1-4H3;2*2H,1,3-13H2;;;;;;;;;;;;;;;;;;;/q2*+1;2*-3;13*-2;;;;;;. The molecular formula is C62H122N2O23V6-30. The van der Waals surface area contributed by atoms with Gasteiger partial charge in [0.2, 0.25) is 0 Å². The zero-order valence-corrected chi connectivity index (χ0v) is 66.4. The molecule has 0 aromatic heterocycles. The molecule has 0 aliphatic rings. The average molecular weight is 1570 g/mol. The zero-order chi connectivity index (χ0) is 56.5. The van der Waals surface area contributed by atoms with Gasteiger partial charge in [-0.2, -0.15) is 0 Å². The minimum Gasteiger partial charge on any atom is -2.00 e. The molecule has 0 saturated heterocycles. The van der Waals surface area contributed by atoms with Gasteiger partial charge in [0.15, 0.2) is 0 Å². The molecule has 31 heteroatoms. The zero-order valence-electron chi connectivity index (χ0n) is 58.1. The summed E-state index contributed by atoms with van der Waals surface area (Å²) in [7, 11) is 0. The number of carbonyl (C=O) groups excluding carboxylic acids is 2. The van der Waals surface area contributed by atoms with Crippen LogP contribution in [0.2, 0.25) is 0 Å². The van der Waals surface area contributed by atoms with Crippen molar-refractivity contribution in [2.75, 3.05) is 105 Å². The second-order valence-corrected chi connectivity index (χ2v) is 21.4. The number of ether oxygens (including phenoxy) is 2. The fourth-order valence-corrected chi connectivity index (χ4v) is 8.72. The van der Waals surface area contributed by atoms with Gasteiger partial charge in [-0.05, 0) is 89.9 Å². The van der Waals surface area contributed by atoms with Crippen molar-refractivity contribution in [2.45, 2.75) is 248 Å². The number of hydrogen-bond acceptors (Lipinski definition) is 10. The first-order chi connectivity index (χ1) is 35.8. The summed E-state index contributed by atoms with van der Waals surface area (Å²) < 4.78 is 12.6. The molecule has 0 aromatic carbocycles. The molecule has 0 atom stereocenters. The van der Waals surface area contributed by atoms with Gasteiger partial charge in [-0.15, -0.1) is 52.8 Å². The topological polar surface area (TPSA) is 561 Å². The van der Waals surface area contributed by atoms with Crippen molar-refractivity contribution in [3.8, 4) is 0 Å². The Morgan fingerprint density at radius 2 is 0.441 bits per heavy atom. The molecule has 0 saturated carbocycles. The van der Waals surface area contributed by atoms with E-state index in [1.807, 2.05) is 12.2 Å². The molecule has 0 aliphatic carbocycles. The molecule has 6 radical (unpaired) electrons. The summed E-state index contributed by atoms with van der Waals surface area (Å²) in [6, 6.07) is 0. The number of hydrogen-bond donors (Lipinski definition) is 0. The van der Waals surface area contributed by atoms with Crippen LogP contribution in [-0.4, -0.2) is 126 Å². The predicted molar refractivity (Wildman–Crippen MR) is 309 cm³/mol. The summed E-state index contributed by atoms with van der Waals surface area (Å²) in [4.78, 5) is 23.1. The van der Waals surface area contributed by atoms with Crippen molar-refractivity contribution in [1.29, 1.82) is 0 Å². The quantitative estimate of drug-likeness (QED) is 0.0250. The molecule has 0 rings (SSSR count). The molecule has 0 fully saturated rings. The van der Waals surface area contributed by atoms with E-state index in [0.717, 1.165) is 77.0 Å². The van der Waals surface area contributed by atoms with Crippen LogP contribution in [0, 0.1) is 10.8 Å². The molecule has 0 amide bonds. The third kappa shape index (κ3) is 89.1. The number of esters is 2. The monoisotopic (exact) mass is 1570 g/mol. The summed E-state index contributed by atoms with van der Waals surface area (Å²) in [5.74, 6) is -1.85. The van der Waals surface area contributed by atoms with E-state index in [2.05, 4.69) is 68.5 Å². The predicted octanol–water partition coefficient (Wildman–Crippen LogP) is 7.48. The van der Waals surface area contributed by atoms with E-state index in [4.69, 9.17) is 9.47 Å². The Hall–Kier alpha value is 1.09. The van der Waals surface area contributed by atoms with Gasteiger partial charge in [0, 0.05) is 122 Å². The van der Waals surface area contributed by atoms with Crippen molar-refractivity contribution in [3.63, 3.8) is 0 Å². The number of rotatable bonds is 50. The summed E-state index contributed by atoms with van der Waals surface area (Å²) in [5, 5.41) is 64.8. The van der Waals surface area contributed by atoms with Crippen LogP contribution in [0.1, 0.15) is 248 Å². The third-order valence-electron chi connectivity index (χ3n) is 14.5. The molecule has 0 aliphatic heterocycles. The number of carbonyl (C=O) groups is 2. The summed E-state index contributed by atoms with van der Waals surface area (Å²) in [5.41, 5.74) is -3.82. The molecular weight excluding hydrogens is 1450 g/mol. The molecule has 578 valence electrons. The van der Waals surface area contributed by atoms with Crippen molar-refractivity contribution in [2.24, 2.45) is 10.8 Å². The molecule has 0 unspecified atom stereocenters. The Bertz CT molecular complexity index is 1080. The van der Waals surface area contributed by atoms with Gasteiger partial charge in [0.25, 0.3) is 0 Å². The van der Waals surface area contributed by atoms with Crippen LogP contribution in [0.15, 0.2) is 25.3 Å².